The van der Waals surface area contributed by atoms with Crippen LogP contribution in [0.5, 0.6) is 5.75 Å². The second-order valence-corrected chi connectivity index (χ2v) is 9.82. The molecule has 0 aliphatic carbocycles. The highest BCUT2D eigenvalue weighted by molar-refractivity contribution is 5.78. The lowest BCUT2D eigenvalue weighted by atomic mass is 9.70. The summed E-state index contributed by atoms with van der Waals surface area (Å²) in [7, 11) is 1.72. The summed E-state index contributed by atoms with van der Waals surface area (Å²) in [6.45, 7) is 5.38. The van der Waals surface area contributed by atoms with Crippen molar-refractivity contribution in [2.24, 2.45) is 11.8 Å². The van der Waals surface area contributed by atoms with Crippen molar-refractivity contribution >= 4 is 5.91 Å². The molecule has 0 saturated carbocycles. The molecule has 3 aliphatic rings. The second kappa shape index (κ2) is 8.66. The number of ether oxygens (including phenoxy) is 1. The lowest BCUT2D eigenvalue weighted by molar-refractivity contribution is -0.152. The molecule has 4 nitrogen and oxygen atoms in total. The van der Waals surface area contributed by atoms with Crippen LogP contribution in [0.3, 0.4) is 0 Å². The van der Waals surface area contributed by atoms with Crippen molar-refractivity contribution < 1.29 is 9.53 Å². The SMILES string of the molecule is COc1cccc(C[C@H]2[C@H]3C[C@H](CN(Cc4cccc(C)c4)C3)[C@@H]3CCCC(=O)N32)c1. The number of aryl methyl sites for hydroxylation is 1. The van der Waals surface area contributed by atoms with Crippen molar-refractivity contribution in [1.29, 1.82) is 0 Å². The first-order chi connectivity index (χ1) is 15.1. The van der Waals surface area contributed by atoms with Gasteiger partial charge < -0.3 is 9.64 Å². The maximum atomic E-state index is 13.1. The number of methoxy groups -OCH3 is 1. The Balaban J connectivity index is 1.40. The molecular weight excluding hydrogens is 384 g/mol. The fourth-order valence-electron chi connectivity index (χ4n) is 6.37. The smallest absolute Gasteiger partial charge is 0.223 e. The first kappa shape index (κ1) is 20.6. The Hall–Kier alpha value is -2.33. The van der Waals surface area contributed by atoms with Crippen molar-refractivity contribution in [2.45, 2.75) is 57.7 Å². The molecule has 1 amide bonds. The van der Waals surface area contributed by atoms with Gasteiger partial charge in [0, 0.05) is 38.1 Å². The van der Waals surface area contributed by atoms with E-state index in [1.54, 1.807) is 7.11 Å². The van der Waals surface area contributed by atoms with Gasteiger partial charge in [-0.2, -0.15) is 0 Å². The van der Waals surface area contributed by atoms with Crippen molar-refractivity contribution in [2.75, 3.05) is 20.2 Å². The molecule has 2 aromatic rings. The highest BCUT2D eigenvalue weighted by atomic mass is 16.5. The summed E-state index contributed by atoms with van der Waals surface area (Å²) < 4.78 is 5.46. The van der Waals surface area contributed by atoms with E-state index in [0.717, 1.165) is 51.1 Å². The first-order valence-electron chi connectivity index (χ1n) is 11.8. The third-order valence-corrected chi connectivity index (χ3v) is 7.64. The van der Waals surface area contributed by atoms with Crippen molar-refractivity contribution in [1.82, 2.24) is 9.80 Å². The third-order valence-electron chi connectivity index (χ3n) is 7.64. The molecule has 0 spiro atoms. The normalized spacial score (nSPS) is 28.3. The van der Waals surface area contributed by atoms with Crippen LogP contribution in [0.4, 0.5) is 0 Å². The molecule has 3 saturated heterocycles. The minimum absolute atomic E-state index is 0.293. The lowest BCUT2D eigenvalue weighted by Gasteiger charge is -2.57. The zero-order valence-electron chi connectivity index (χ0n) is 18.8. The van der Waals surface area contributed by atoms with Crippen LogP contribution in [0.25, 0.3) is 0 Å². The van der Waals surface area contributed by atoms with E-state index < -0.39 is 0 Å². The van der Waals surface area contributed by atoms with Crippen LogP contribution in [-0.2, 0) is 17.8 Å². The zero-order chi connectivity index (χ0) is 21.4. The first-order valence-corrected chi connectivity index (χ1v) is 11.8. The number of fused-ring (bicyclic) bond motifs is 4. The number of hydrogen-bond donors (Lipinski definition) is 0. The van der Waals surface area contributed by atoms with E-state index in [1.807, 2.05) is 6.07 Å². The van der Waals surface area contributed by atoms with E-state index in [4.69, 9.17) is 4.74 Å². The van der Waals surface area contributed by atoms with E-state index in [1.165, 1.54) is 23.1 Å². The predicted octanol–water partition coefficient (Wildman–Crippen LogP) is 4.45. The van der Waals surface area contributed by atoms with Gasteiger partial charge in [-0.15, -0.1) is 0 Å². The maximum Gasteiger partial charge on any atom is 0.223 e. The fraction of sp³-hybridized carbons (Fsp3) is 0.519. The average molecular weight is 419 g/mol. The lowest BCUT2D eigenvalue weighted by Crippen LogP contribution is -2.65. The Kier molecular flexibility index (Phi) is 5.75. The Bertz CT molecular complexity index is 942. The molecule has 2 bridgehead atoms. The standard InChI is InChI=1S/C27H34N2O2/c1-19-6-3-8-21(12-19)16-28-17-22-15-23(18-28)26(29-25(22)10-5-11-27(29)30)14-20-7-4-9-24(13-20)31-2/h3-4,6-9,12-13,22-23,25-26H,5,10-11,14-18H2,1-2H3/t22-,23+,25+,26+/m1/s1. The number of rotatable bonds is 5. The Morgan fingerprint density at radius 3 is 2.68 bits per heavy atom. The van der Waals surface area contributed by atoms with E-state index in [2.05, 4.69) is 59.2 Å². The average Bonchev–Trinajstić information content (AvgIpc) is 2.77. The quantitative estimate of drug-likeness (QED) is 0.719. The maximum absolute atomic E-state index is 13.1. The number of hydrogen-bond acceptors (Lipinski definition) is 3. The van der Waals surface area contributed by atoms with Crippen LogP contribution in [0.15, 0.2) is 48.5 Å². The highest BCUT2D eigenvalue weighted by Gasteiger charge is 2.49. The van der Waals surface area contributed by atoms with Gasteiger partial charge in [-0.25, -0.2) is 0 Å². The van der Waals surface area contributed by atoms with E-state index >= 15 is 0 Å². The Morgan fingerprint density at radius 1 is 1.03 bits per heavy atom. The molecule has 3 aliphatic heterocycles. The van der Waals surface area contributed by atoms with Crippen LogP contribution in [0.2, 0.25) is 0 Å². The topological polar surface area (TPSA) is 32.8 Å². The van der Waals surface area contributed by atoms with Crippen LogP contribution >= 0.6 is 0 Å². The summed E-state index contributed by atoms with van der Waals surface area (Å²) in [6.07, 6.45) is 5.11. The molecule has 0 unspecified atom stereocenters. The van der Waals surface area contributed by atoms with E-state index in [0.29, 0.717) is 29.8 Å². The van der Waals surface area contributed by atoms with Gasteiger partial charge in [0.15, 0.2) is 0 Å². The minimum Gasteiger partial charge on any atom is -0.497 e. The van der Waals surface area contributed by atoms with Crippen LogP contribution in [0, 0.1) is 18.8 Å². The van der Waals surface area contributed by atoms with Crippen LogP contribution in [-0.4, -0.2) is 48.0 Å². The molecular formula is C27H34N2O2. The number of benzene rings is 2. The minimum atomic E-state index is 0.293. The number of nitrogens with zero attached hydrogens (tertiary/aromatic N) is 2. The van der Waals surface area contributed by atoms with Gasteiger partial charge in [-0.3, -0.25) is 9.69 Å². The molecule has 3 fully saturated rings. The molecule has 31 heavy (non-hydrogen) atoms. The van der Waals surface area contributed by atoms with Gasteiger partial charge in [-0.1, -0.05) is 42.0 Å². The molecule has 5 rings (SSSR count). The third kappa shape index (κ3) is 4.23. The summed E-state index contributed by atoms with van der Waals surface area (Å²) in [5, 5.41) is 0. The largest absolute Gasteiger partial charge is 0.497 e. The molecule has 0 aromatic heterocycles. The summed E-state index contributed by atoms with van der Waals surface area (Å²) in [5.74, 6) is 2.42. The van der Waals surface area contributed by atoms with Crippen molar-refractivity contribution in [3.05, 3.63) is 65.2 Å². The summed E-state index contributed by atoms with van der Waals surface area (Å²) in [5.41, 5.74) is 4.01. The molecule has 0 N–H and O–H groups in total. The number of amides is 1. The van der Waals surface area contributed by atoms with E-state index in [9.17, 15) is 4.79 Å². The van der Waals surface area contributed by atoms with Gasteiger partial charge in [-0.05, 0) is 67.7 Å². The summed E-state index contributed by atoms with van der Waals surface area (Å²) >= 11 is 0. The monoisotopic (exact) mass is 418 g/mol. The van der Waals surface area contributed by atoms with E-state index in [-0.39, 0.29) is 0 Å². The number of carbonyl (C=O) groups excluding carboxylic acids is 1. The Morgan fingerprint density at radius 2 is 1.84 bits per heavy atom. The number of likely N-dealkylation sites (tertiary alicyclic amines) is 1. The second-order valence-electron chi connectivity index (χ2n) is 9.82. The fourth-order valence-corrected chi connectivity index (χ4v) is 6.37. The van der Waals surface area contributed by atoms with Gasteiger partial charge >= 0.3 is 0 Å². The highest BCUT2D eigenvalue weighted by Crippen LogP contribution is 2.43. The molecule has 164 valence electrons. The van der Waals surface area contributed by atoms with Gasteiger partial charge in [0.25, 0.3) is 0 Å². The van der Waals surface area contributed by atoms with Crippen LogP contribution in [0.1, 0.15) is 42.4 Å². The molecule has 3 heterocycles. The summed E-state index contributed by atoms with van der Waals surface area (Å²) in [6, 6.07) is 18.0. The van der Waals surface area contributed by atoms with Crippen molar-refractivity contribution in [3.8, 4) is 5.75 Å². The Labute approximate surface area is 186 Å². The molecule has 2 aromatic carbocycles. The summed E-state index contributed by atoms with van der Waals surface area (Å²) in [4.78, 5) is 18.1. The predicted molar refractivity (Wildman–Crippen MR) is 123 cm³/mol. The number of carbonyl (C=O) groups is 1. The molecule has 4 heteroatoms. The molecule has 0 radical (unpaired) electrons. The zero-order valence-corrected chi connectivity index (χ0v) is 18.8. The van der Waals surface area contributed by atoms with Gasteiger partial charge in [0.05, 0.1) is 7.11 Å². The van der Waals surface area contributed by atoms with Crippen molar-refractivity contribution in [3.63, 3.8) is 0 Å². The number of piperidine rings is 3. The van der Waals surface area contributed by atoms with Crippen LogP contribution < -0.4 is 4.74 Å². The van der Waals surface area contributed by atoms with Gasteiger partial charge in [0.2, 0.25) is 5.91 Å². The van der Waals surface area contributed by atoms with Gasteiger partial charge in [0.1, 0.15) is 5.75 Å². The molecule has 4 atom stereocenters.